The van der Waals surface area contributed by atoms with Crippen molar-refractivity contribution < 1.29 is 85.7 Å². The molecule has 3 fully saturated rings. The van der Waals surface area contributed by atoms with Gasteiger partial charge in [-0.15, -0.1) is 0 Å². The first-order valence-corrected chi connectivity index (χ1v) is 20.2. The maximum absolute atomic E-state index is 15.5. The van der Waals surface area contributed by atoms with E-state index in [1.165, 1.54) is 73.6 Å². The number of carbonyl (C=O) groups is 6. The molecule has 5 rings (SSSR count). The molecule has 1 saturated heterocycles. The van der Waals surface area contributed by atoms with Gasteiger partial charge in [0, 0.05) is 42.2 Å². The van der Waals surface area contributed by atoms with Crippen LogP contribution in [-0.4, -0.2) is 117 Å². The van der Waals surface area contributed by atoms with Gasteiger partial charge in [-0.05, 0) is 63.4 Å². The Bertz CT molecular complexity index is 2130. The van der Waals surface area contributed by atoms with Gasteiger partial charge in [0.15, 0.2) is 23.6 Å². The maximum atomic E-state index is 15.5. The highest BCUT2D eigenvalue weighted by Crippen LogP contribution is 2.64. The third-order valence-electron chi connectivity index (χ3n) is 12.8. The van der Waals surface area contributed by atoms with Crippen LogP contribution in [0.2, 0.25) is 0 Å². The molecule has 1 aliphatic heterocycles. The highest BCUT2D eigenvalue weighted by molar-refractivity contribution is 5.96. The first-order valence-electron chi connectivity index (χ1n) is 20.2. The summed E-state index contributed by atoms with van der Waals surface area (Å²) in [5.41, 5.74) is -1.60. The molecule has 3 N–H and O–H groups in total. The lowest BCUT2D eigenvalue weighted by molar-refractivity contribution is -0.346. The summed E-state index contributed by atoms with van der Waals surface area (Å²) in [5.74, 6) is -12.2. The second kappa shape index (κ2) is 17.1. The number of fused-ring (bicyclic) bond motifs is 5. The van der Waals surface area contributed by atoms with Crippen LogP contribution in [0.5, 0.6) is 0 Å². The molecule has 1 aromatic carbocycles. The molecule has 11 atom stereocenters. The van der Waals surface area contributed by atoms with Crippen LogP contribution in [0.4, 0.5) is 18.9 Å². The van der Waals surface area contributed by atoms with E-state index in [2.05, 4.69) is 10.0 Å². The van der Waals surface area contributed by atoms with Crippen LogP contribution in [0.15, 0.2) is 40.5 Å². The molecule has 3 aliphatic carbocycles. The zero-order chi connectivity index (χ0) is 47.4. The molecule has 346 valence electrons. The standard InChI is InChI=1S/C42H52F3N3O15/c1-10-27(51)60-31-29-19(2)24(59-36(56)30(53)23(42(43,44)45)15-28(52)63-37(4,5)6)17-41(57,38(29,7)8)34(61-35(55)21-12-11-13-22(14-21)47-48-46)32-39(9,33(31)54)25(50)16-26-40(32,18-58-26)62-20(3)49/h11-14,23-26,30-32,34,50,53,57H,10,15-18H2,1-9H3/t23-,24+,25+,26-,30-,31-,32+,34+,39-,40+,41-/m1/s1. The first kappa shape index (κ1) is 48.9. The number of hydrogen-bond donors (Lipinski definition) is 3. The number of halogens is 3. The Hall–Kier alpha value is -5.08. The molecule has 0 spiro atoms. The zero-order valence-corrected chi connectivity index (χ0v) is 36.2. The highest BCUT2D eigenvalue weighted by atomic mass is 19.4. The first-order chi connectivity index (χ1) is 29.0. The van der Waals surface area contributed by atoms with E-state index in [0.29, 0.717) is 0 Å². The Kier molecular flexibility index (Phi) is 13.3. The Morgan fingerprint density at radius 2 is 1.71 bits per heavy atom. The summed E-state index contributed by atoms with van der Waals surface area (Å²) >= 11 is 0. The van der Waals surface area contributed by atoms with Crippen LogP contribution < -0.4 is 0 Å². The molecule has 1 heterocycles. The molecular formula is C42H52F3N3O15. The van der Waals surface area contributed by atoms with Crippen molar-refractivity contribution in [3.63, 3.8) is 0 Å². The highest BCUT2D eigenvalue weighted by Gasteiger charge is 2.78. The number of alkyl halides is 3. The molecule has 18 nitrogen and oxygen atoms in total. The molecule has 2 saturated carbocycles. The molecule has 4 aliphatic rings. The van der Waals surface area contributed by atoms with E-state index in [1.54, 1.807) is 0 Å². The molecule has 2 bridgehead atoms. The lowest BCUT2D eigenvalue weighted by Crippen LogP contribution is -2.82. The van der Waals surface area contributed by atoms with E-state index in [1.807, 2.05) is 0 Å². The third-order valence-corrected chi connectivity index (χ3v) is 12.8. The van der Waals surface area contributed by atoms with Crippen molar-refractivity contribution in [1.82, 2.24) is 0 Å². The Morgan fingerprint density at radius 1 is 1.06 bits per heavy atom. The predicted octanol–water partition coefficient (Wildman–Crippen LogP) is 4.81. The minimum atomic E-state index is -5.36. The number of ketones is 1. The summed E-state index contributed by atoms with van der Waals surface area (Å²) in [6, 6.07) is 5.13. The van der Waals surface area contributed by atoms with Crippen LogP contribution in [0.3, 0.4) is 0 Å². The maximum Gasteiger partial charge on any atom is 0.395 e. The lowest BCUT2D eigenvalue weighted by atomic mass is 9.44. The average molecular weight is 896 g/mol. The summed E-state index contributed by atoms with van der Waals surface area (Å²) in [6.45, 7) is 11.5. The molecule has 0 aromatic heterocycles. The fourth-order valence-electron chi connectivity index (χ4n) is 9.58. The number of aliphatic hydroxyl groups is 3. The van der Waals surface area contributed by atoms with E-state index in [9.17, 15) is 52.5 Å². The summed E-state index contributed by atoms with van der Waals surface area (Å²) in [6.07, 6.45) is -20.3. The average Bonchev–Trinajstić information content (AvgIpc) is 3.16. The zero-order valence-electron chi connectivity index (χ0n) is 36.2. The Morgan fingerprint density at radius 3 is 2.25 bits per heavy atom. The van der Waals surface area contributed by atoms with Gasteiger partial charge in [-0.3, -0.25) is 19.2 Å². The van der Waals surface area contributed by atoms with Crippen molar-refractivity contribution in [1.29, 1.82) is 0 Å². The van der Waals surface area contributed by atoms with Gasteiger partial charge in [0.2, 0.25) is 0 Å². The van der Waals surface area contributed by atoms with E-state index in [0.717, 1.165) is 13.0 Å². The van der Waals surface area contributed by atoms with Crippen molar-refractivity contribution in [3.8, 4) is 0 Å². The van der Waals surface area contributed by atoms with Crippen molar-refractivity contribution in [2.45, 2.75) is 148 Å². The molecule has 0 amide bonds. The minimum Gasteiger partial charge on any atom is -0.460 e. The minimum absolute atomic E-state index is 0.0333. The van der Waals surface area contributed by atoms with E-state index in [4.69, 9.17) is 34.0 Å². The number of aliphatic hydroxyl groups excluding tert-OH is 2. The number of nitrogens with zero attached hydrogens (tertiary/aromatic N) is 3. The van der Waals surface area contributed by atoms with E-state index in [-0.39, 0.29) is 35.2 Å². The summed E-state index contributed by atoms with van der Waals surface area (Å²) < 4.78 is 77.7. The number of esters is 5. The van der Waals surface area contributed by atoms with Gasteiger partial charge in [0.25, 0.3) is 0 Å². The van der Waals surface area contributed by atoms with Crippen molar-refractivity contribution in [3.05, 3.63) is 51.4 Å². The van der Waals surface area contributed by atoms with Crippen molar-refractivity contribution >= 4 is 41.3 Å². The van der Waals surface area contributed by atoms with Crippen LogP contribution in [0.1, 0.15) is 98.4 Å². The Labute approximate surface area is 360 Å². The fourth-order valence-corrected chi connectivity index (χ4v) is 9.58. The number of benzene rings is 1. The Balaban J connectivity index is 1.77. The summed E-state index contributed by atoms with van der Waals surface area (Å²) in [5, 5.41) is 40.0. The number of azide groups is 1. The van der Waals surface area contributed by atoms with Gasteiger partial charge in [-0.25, -0.2) is 9.59 Å². The molecule has 1 aromatic rings. The van der Waals surface area contributed by atoms with E-state index < -0.39 is 137 Å². The van der Waals surface area contributed by atoms with Gasteiger partial charge in [-0.1, -0.05) is 38.0 Å². The number of Topliss-reactive ketones (excluding diaryl/α,β-unsaturated/α-hetero) is 1. The largest absolute Gasteiger partial charge is 0.460 e. The predicted molar refractivity (Wildman–Crippen MR) is 208 cm³/mol. The van der Waals surface area contributed by atoms with Crippen molar-refractivity contribution in [2.75, 3.05) is 6.61 Å². The summed E-state index contributed by atoms with van der Waals surface area (Å²) in [7, 11) is 0. The smallest absolute Gasteiger partial charge is 0.395 e. The topological polar surface area (TPSA) is 267 Å². The molecule has 21 heteroatoms. The molecule has 0 radical (unpaired) electrons. The number of hydrogen-bond acceptors (Lipinski definition) is 16. The second-order valence-corrected chi connectivity index (χ2v) is 18.2. The van der Waals surface area contributed by atoms with Crippen LogP contribution in [0.25, 0.3) is 10.4 Å². The van der Waals surface area contributed by atoms with Gasteiger partial charge < -0.3 is 43.7 Å². The van der Waals surface area contributed by atoms with Gasteiger partial charge >= 0.3 is 36.0 Å². The SMILES string of the molecule is CCC(=O)O[C@H]1C(=O)[C@@]2(C)[C@H]([C@H](OC(=O)c3cccc(N=[N+]=[N-])c3)[C@]3(O)C[C@H](OC(=O)[C@H](O)[C@@H](CC(=O)OC(C)(C)C)C(F)(F)F)C(C)=C1C3(C)C)[C@]1(OC(C)=O)CO[C@@H]1C[C@@H]2O. The number of carbonyl (C=O) groups excluding carboxylic acids is 6. The van der Waals surface area contributed by atoms with Crippen LogP contribution >= 0.6 is 0 Å². The van der Waals surface area contributed by atoms with Crippen molar-refractivity contribution in [2.24, 2.45) is 27.8 Å². The normalized spacial score (nSPS) is 32.1. The summed E-state index contributed by atoms with van der Waals surface area (Å²) in [4.78, 5) is 85.0. The molecule has 0 unspecified atom stereocenters. The third kappa shape index (κ3) is 8.77. The second-order valence-electron chi connectivity index (χ2n) is 18.2. The van der Waals surface area contributed by atoms with Gasteiger partial charge in [-0.2, -0.15) is 13.2 Å². The molecule has 63 heavy (non-hydrogen) atoms. The monoisotopic (exact) mass is 895 g/mol. The number of ether oxygens (including phenoxy) is 6. The van der Waals surface area contributed by atoms with Gasteiger partial charge in [0.1, 0.15) is 35.4 Å². The van der Waals surface area contributed by atoms with Crippen LogP contribution in [0, 0.1) is 22.7 Å². The van der Waals surface area contributed by atoms with E-state index >= 15 is 4.79 Å². The lowest BCUT2D eigenvalue weighted by Gasteiger charge is -2.67. The molecular weight excluding hydrogens is 843 g/mol. The number of rotatable bonds is 11. The quantitative estimate of drug-likeness (QED) is 0.0672. The van der Waals surface area contributed by atoms with Crippen LogP contribution in [-0.2, 0) is 52.4 Å². The fraction of sp³-hybridized carbons (Fsp3) is 0.667. The van der Waals surface area contributed by atoms with Gasteiger partial charge in [0.05, 0.1) is 36.0 Å².